The molecular formula is C24H30F6N4O3. The topological polar surface area (TPSA) is 66.8 Å². The second-order valence-corrected chi connectivity index (χ2v) is 8.42. The Balaban J connectivity index is 2.27. The molecule has 0 saturated heterocycles. The van der Waals surface area contributed by atoms with Crippen LogP contribution in [0.15, 0.2) is 36.5 Å². The van der Waals surface area contributed by atoms with Crippen molar-refractivity contribution >= 4 is 17.6 Å². The summed E-state index contributed by atoms with van der Waals surface area (Å²) in [5.41, 5.74) is -2.97. The number of nitrogens with one attached hydrogen (secondary N) is 1. The van der Waals surface area contributed by atoms with E-state index in [1.165, 1.54) is 12.0 Å². The largest absolute Gasteiger partial charge is 0.416 e. The van der Waals surface area contributed by atoms with E-state index in [4.69, 9.17) is 4.74 Å². The van der Waals surface area contributed by atoms with Crippen LogP contribution < -0.4 is 5.32 Å². The first-order valence-electron chi connectivity index (χ1n) is 11.5. The van der Waals surface area contributed by atoms with Gasteiger partial charge in [-0.1, -0.05) is 13.3 Å². The Morgan fingerprint density at radius 1 is 1.00 bits per heavy atom. The quantitative estimate of drug-likeness (QED) is 0.393. The lowest BCUT2D eigenvalue weighted by Crippen LogP contribution is -2.45. The number of urea groups is 1. The maximum absolute atomic E-state index is 13.2. The number of nitrogens with zero attached hydrogens (tertiary/aromatic N) is 3. The number of carbonyl (C=O) groups excluding carboxylic acids is 2. The fourth-order valence-electron chi connectivity index (χ4n) is 3.44. The number of unbranched alkanes of at least 4 members (excludes halogenated alkanes) is 1. The summed E-state index contributed by atoms with van der Waals surface area (Å²) in [6.45, 7) is 2.14. The molecular weight excluding hydrogens is 506 g/mol. The molecule has 1 N–H and O–H groups in total. The zero-order chi connectivity index (χ0) is 27.8. The van der Waals surface area contributed by atoms with Crippen LogP contribution in [0.5, 0.6) is 0 Å². The van der Waals surface area contributed by atoms with Gasteiger partial charge in [0.05, 0.1) is 24.3 Å². The Morgan fingerprint density at radius 3 is 2.11 bits per heavy atom. The number of hydrogen-bond donors (Lipinski definition) is 1. The van der Waals surface area contributed by atoms with Gasteiger partial charge in [0.25, 0.3) is 0 Å². The van der Waals surface area contributed by atoms with Crippen LogP contribution in [0.1, 0.15) is 36.6 Å². The van der Waals surface area contributed by atoms with Crippen molar-refractivity contribution in [2.24, 2.45) is 7.05 Å². The van der Waals surface area contributed by atoms with Crippen molar-refractivity contribution in [3.63, 3.8) is 0 Å². The van der Waals surface area contributed by atoms with Crippen LogP contribution in [0.3, 0.4) is 0 Å². The van der Waals surface area contributed by atoms with Gasteiger partial charge in [-0.25, -0.2) is 4.79 Å². The first-order chi connectivity index (χ1) is 17.3. The molecule has 0 radical (unpaired) electrons. The van der Waals surface area contributed by atoms with Gasteiger partial charge in [-0.3, -0.25) is 4.79 Å². The minimum Gasteiger partial charge on any atom is -0.383 e. The van der Waals surface area contributed by atoms with E-state index < -0.39 is 47.6 Å². The highest BCUT2D eigenvalue weighted by Gasteiger charge is 2.37. The Morgan fingerprint density at radius 2 is 1.62 bits per heavy atom. The van der Waals surface area contributed by atoms with Gasteiger partial charge in [-0.05, 0) is 36.8 Å². The first kappa shape index (κ1) is 30.0. The molecule has 0 unspecified atom stereocenters. The van der Waals surface area contributed by atoms with Gasteiger partial charge >= 0.3 is 18.4 Å². The van der Waals surface area contributed by atoms with Crippen LogP contribution in [0, 0.1) is 0 Å². The molecule has 0 spiro atoms. The monoisotopic (exact) mass is 536 g/mol. The van der Waals surface area contributed by atoms with Crippen LogP contribution in [0.25, 0.3) is 0 Å². The van der Waals surface area contributed by atoms with Crippen molar-refractivity contribution in [2.45, 2.75) is 38.7 Å². The lowest BCUT2D eigenvalue weighted by atomic mass is 10.1. The summed E-state index contributed by atoms with van der Waals surface area (Å²) in [4.78, 5) is 28.6. The van der Waals surface area contributed by atoms with Gasteiger partial charge in [0.1, 0.15) is 6.54 Å². The number of anilines is 1. The lowest BCUT2D eigenvalue weighted by Gasteiger charge is -2.28. The number of halogens is 6. The van der Waals surface area contributed by atoms with Crippen LogP contribution in [-0.2, 0) is 35.5 Å². The summed E-state index contributed by atoms with van der Waals surface area (Å²) in [5, 5.41) is 2.11. The summed E-state index contributed by atoms with van der Waals surface area (Å²) in [5.74, 6) is -0.454. The number of aryl methyl sites for hydroxylation is 1. The third-order valence-corrected chi connectivity index (χ3v) is 5.56. The van der Waals surface area contributed by atoms with Crippen molar-refractivity contribution < 1.29 is 40.7 Å². The number of carbonyl (C=O) groups is 2. The maximum Gasteiger partial charge on any atom is 0.416 e. The van der Waals surface area contributed by atoms with Gasteiger partial charge in [0.15, 0.2) is 0 Å². The predicted molar refractivity (Wildman–Crippen MR) is 125 cm³/mol. The molecule has 2 rings (SSSR count). The van der Waals surface area contributed by atoms with E-state index in [1.807, 2.05) is 17.6 Å². The average molecular weight is 537 g/mol. The molecule has 0 atom stereocenters. The molecule has 37 heavy (non-hydrogen) atoms. The van der Waals surface area contributed by atoms with Gasteiger partial charge < -0.3 is 24.4 Å². The third-order valence-electron chi connectivity index (χ3n) is 5.56. The molecule has 3 amide bonds. The molecule has 0 aliphatic heterocycles. The molecule has 1 heterocycles. The number of rotatable bonds is 11. The van der Waals surface area contributed by atoms with Gasteiger partial charge in [0, 0.05) is 44.8 Å². The van der Waals surface area contributed by atoms with E-state index in [0.717, 1.165) is 10.6 Å². The number of ether oxygens (including phenoxy) is 1. The van der Waals surface area contributed by atoms with Crippen LogP contribution in [0.2, 0.25) is 0 Å². The Bertz CT molecular complexity index is 1020. The zero-order valence-electron chi connectivity index (χ0n) is 20.7. The Kier molecular flexibility index (Phi) is 10.4. The fourth-order valence-corrected chi connectivity index (χ4v) is 3.44. The summed E-state index contributed by atoms with van der Waals surface area (Å²) >= 11 is 0. The number of amides is 3. The molecule has 1 aromatic heterocycles. The minimum atomic E-state index is -5.06. The standard InChI is InChI=1S/C24H30F6N4O3/c1-4-5-9-34(16-21(35)33(10-11-37-3)15-20-7-6-8-32(20)2)22(36)31-19-13-17(23(25,26)27)12-18(14-19)24(28,29)30/h6-8,12-14H,4-5,9-11,15-16H2,1-3H3,(H,31,36). The smallest absolute Gasteiger partial charge is 0.383 e. The van der Waals surface area contributed by atoms with Gasteiger partial charge in [-0.15, -0.1) is 0 Å². The molecule has 7 nitrogen and oxygen atoms in total. The Hall–Kier alpha value is -3.22. The number of alkyl halides is 6. The number of benzene rings is 1. The molecule has 0 saturated carbocycles. The summed E-state index contributed by atoms with van der Waals surface area (Å²) in [6.07, 6.45) is -7.21. The predicted octanol–water partition coefficient (Wildman–Crippen LogP) is 5.37. The van der Waals surface area contributed by atoms with Crippen LogP contribution in [0.4, 0.5) is 36.8 Å². The summed E-state index contributed by atoms with van der Waals surface area (Å²) < 4.78 is 86.0. The van der Waals surface area contributed by atoms with E-state index >= 15 is 0 Å². The molecule has 0 bridgehead atoms. The molecule has 1 aromatic carbocycles. The first-order valence-corrected chi connectivity index (χ1v) is 11.5. The van der Waals surface area contributed by atoms with Crippen molar-refractivity contribution in [1.82, 2.24) is 14.4 Å². The van der Waals surface area contributed by atoms with Crippen molar-refractivity contribution in [3.8, 4) is 0 Å². The van der Waals surface area contributed by atoms with Crippen molar-refractivity contribution in [3.05, 3.63) is 53.3 Å². The second-order valence-electron chi connectivity index (χ2n) is 8.42. The zero-order valence-corrected chi connectivity index (χ0v) is 20.7. The summed E-state index contributed by atoms with van der Waals surface area (Å²) in [7, 11) is 3.27. The van der Waals surface area contributed by atoms with E-state index in [-0.39, 0.29) is 32.3 Å². The second kappa shape index (κ2) is 12.8. The molecule has 0 aliphatic carbocycles. The normalized spacial score (nSPS) is 11.9. The van der Waals surface area contributed by atoms with E-state index in [0.29, 0.717) is 25.0 Å². The highest BCUT2D eigenvalue weighted by molar-refractivity contribution is 5.92. The molecule has 206 valence electrons. The van der Waals surface area contributed by atoms with Crippen LogP contribution in [-0.4, -0.2) is 59.7 Å². The fraction of sp³-hybridized carbons (Fsp3) is 0.500. The highest BCUT2D eigenvalue weighted by Crippen LogP contribution is 2.37. The third kappa shape index (κ3) is 8.99. The summed E-state index contributed by atoms with van der Waals surface area (Å²) in [6, 6.07) is 3.46. The van der Waals surface area contributed by atoms with Gasteiger partial charge in [0.2, 0.25) is 5.91 Å². The molecule has 2 aromatic rings. The number of aromatic nitrogens is 1. The number of hydrogen-bond acceptors (Lipinski definition) is 3. The van der Waals surface area contributed by atoms with Crippen molar-refractivity contribution in [2.75, 3.05) is 38.7 Å². The molecule has 0 fully saturated rings. The minimum absolute atomic E-state index is 0.0225. The van der Waals surface area contributed by atoms with Gasteiger partial charge in [-0.2, -0.15) is 26.3 Å². The molecule has 13 heteroatoms. The maximum atomic E-state index is 13.2. The number of methoxy groups -OCH3 is 1. The highest BCUT2D eigenvalue weighted by atomic mass is 19.4. The van der Waals surface area contributed by atoms with E-state index in [1.54, 1.807) is 19.3 Å². The van der Waals surface area contributed by atoms with E-state index in [9.17, 15) is 35.9 Å². The van der Waals surface area contributed by atoms with Crippen LogP contribution >= 0.6 is 0 Å². The molecule has 0 aliphatic rings. The van der Waals surface area contributed by atoms with Crippen molar-refractivity contribution in [1.29, 1.82) is 0 Å². The van der Waals surface area contributed by atoms with E-state index in [2.05, 4.69) is 5.32 Å². The SMILES string of the molecule is CCCCN(CC(=O)N(CCOC)Cc1cccn1C)C(=O)Nc1cc(C(F)(F)F)cc(C(F)(F)F)c1. The Labute approximate surface area is 211 Å². The lowest BCUT2D eigenvalue weighted by molar-refractivity contribution is -0.143. The average Bonchev–Trinajstić information content (AvgIpc) is 3.21.